The SMILES string of the molecule is NC(CCCOCCCC(N)c1ccccc1)c1ccccc1. The summed E-state index contributed by atoms with van der Waals surface area (Å²) in [5, 5.41) is 0. The van der Waals surface area contributed by atoms with Gasteiger partial charge in [0.05, 0.1) is 0 Å². The summed E-state index contributed by atoms with van der Waals surface area (Å²) in [5.74, 6) is 0. The molecular weight excluding hydrogens is 284 g/mol. The van der Waals surface area contributed by atoms with Crippen molar-refractivity contribution in [1.82, 2.24) is 0 Å². The van der Waals surface area contributed by atoms with Gasteiger partial charge < -0.3 is 16.2 Å². The Morgan fingerprint density at radius 2 is 1.04 bits per heavy atom. The summed E-state index contributed by atoms with van der Waals surface area (Å²) in [6.07, 6.45) is 3.88. The van der Waals surface area contributed by atoms with Crippen molar-refractivity contribution in [1.29, 1.82) is 0 Å². The molecule has 0 bridgehead atoms. The van der Waals surface area contributed by atoms with E-state index in [1.807, 2.05) is 36.4 Å². The molecule has 0 aliphatic heterocycles. The van der Waals surface area contributed by atoms with Gasteiger partial charge in [0.1, 0.15) is 0 Å². The summed E-state index contributed by atoms with van der Waals surface area (Å²) in [7, 11) is 0. The van der Waals surface area contributed by atoms with Crippen LogP contribution in [0.5, 0.6) is 0 Å². The molecule has 0 spiro atoms. The molecule has 2 aromatic carbocycles. The average molecular weight is 312 g/mol. The second-order valence-electron chi connectivity index (χ2n) is 5.93. The Morgan fingerprint density at radius 1 is 0.652 bits per heavy atom. The smallest absolute Gasteiger partial charge is 0.0466 e. The van der Waals surface area contributed by atoms with E-state index in [1.54, 1.807) is 0 Å². The van der Waals surface area contributed by atoms with Gasteiger partial charge in [0, 0.05) is 25.3 Å². The number of nitrogens with two attached hydrogens (primary N) is 2. The zero-order chi connectivity index (χ0) is 16.3. The van der Waals surface area contributed by atoms with E-state index in [2.05, 4.69) is 24.3 Å². The first-order valence-corrected chi connectivity index (χ1v) is 8.46. The fraction of sp³-hybridized carbons (Fsp3) is 0.400. The molecule has 0 aliphatic rings. The van der Waals surface area contributed by atoms with Crippen LogP contribution >= 0.6 is 0 Å². The average Bonchev–Trinajstić information content (AvgIpc) is 2.62. The maximum absolute atomic E-state index is 6.17. The van der Waals surface area contributed by atoms with Gasteiger partial charge in [-0.25, -0.2) is 0 Å². The number of hydrogen-bond donors (Lipinski definition) is 2. The molecule has 0 saturated carbocycles. The maximum atomic E-state index is 6.17. The van der Waals surface area contributed by atoms with E-state index in [-0.39, 0.29) is 12.1 Å². The molecule has 4 N–H and O–H groups in total. The molecule has 23 heavy (non-hydrogen) atoms. The summed E-state index contributed by atoms with van der Waals surface area (Å²) in [5.41, 5.74) is 14.7. The van der Waals surface area contributed by atoms with E-state index in [1.165, 1.54) is 11.1 Å². The Morgan fingerprint density at radius 3 is 1.43 bits per heavy atom. The van der Waals surface area contributed by atoms with Crippen LogP contribution in [0.3, 0.4) is 0 Å². The third kappa shape index (κ3) is 6.53. The van der Waals surface area contributed by atoms with Crippen molar-refractivity contribution in [2.24, 2.45) is 11.5 Å². The molecule has 0 heterocycles. The normalized spacial score (nSPS) is 13.7. The Bertz CT molecular complexity index is 480. The zero-order valence-electron chi connectivity index (χ0n) is 13.7. The second kappa shape index (κ2) is 10.2. The van der Waals surface area contributed by atoms with Gasteiger partial charge in [-0.15, -0.1) is 0 Å². The molecule has 0 amide bonds. The first kappa shape index (κ1) is 17.7. The van der Waals surface area contributed by atoms with Crippen LogP contribution in [0, 0.1) is 0 Å². The first-order valence-electron chi connectivity index (χ1n) is 8.46. The highest BCUT2D eigenvalue weighted by atomic mass is 16.5. The minimum absolute atomic E-state index is 0.103. The Kier molecular flexibility index (Phi) is 7.81. The summed E-state index contributed by atoms with van der Waals surface area (Å²) < 4.78 is 5.70. The van der Waals surface area contributed by atoms with E-state index in [0.29, 0.717) is 0 Å². The quantitative estimate of drug-likeness (QED) is 0.653. The fourth-order valence-corrected chi connectivity index (χ4v) is 2.65. The predicted octanol–water partition coefficient (Wildman–Crippen LogP) is 3.96. The number of ether oxygens (including phenoxy) is 1. The van der Waals surface area contributed by atoms with E-state index in [9.17, 15) is 0 Å². The zero-order valence-corrected chi connectivity index (χ0v) is 13.7. The first-order chi connectivity index (χ1) is 11.3. The molecule has 0 saturated heterocycles. The summed E-state index contributed by atoms with van der Waals surface area (Å²) >= 11 is 0. The highest BCUT2D eigenvalue weighted by molar-refractivity contribution is 5.18. The van der Waals surface area contributed by atoms with Crippen molar-refractivity contribution in [3.05, 3.63) is 71.8 Å². The van der Waals surface area contributed by atoms with Gasteiger partial charge in [-0.2, -0.15) is 0 Å². The van der Waals surface area contributed by atoms with Crippen molar-refractivity contribution < 1.29 is 4.74 Å². The standard InChI is InChI=1S/C20H28N2O/c21-19(17-9-3-1-4-10-17)13-7-15-23-16-8-14-20(22)18-11-5-2-6-12-18/h1-6,9-12,19-20H,7-8,13-16,21-22H2. The van der Waals surface area contributed by atoms with Gasteiger partial charge in [-0.1, -0.05) is 60.7 Å². The van der Waals surface area contributed by atoms with E-state index in [4.69, 9.17) is 16.2 Å². The second-order valence-corrected chi connectivity index (χ2v) is 5.93. The molecule has 0 aromatic heterocycles. The molecule has 2 aromatic rings. The van der Waals surface area contributed by atoms with Crippen LogP contribution in [0.2, 0.25) is 0 Å². The third-order valence-corrected chi connectivity index (χ3v) is 4.06. The van der Waals surface area contributed by atoms with Crippen molar-refractivity contribution >= 4 is 0 Å². The van der Waals surface area contributed by atoms with Gasteiger partial charge in [-0.05, 0) is 36.8 Å². The number of benzene rings is 2. The van der Waals surface area contributed by atoms with E-state index in [0.717, 1.165) is 38.9 Å². The lowest BCUT2D eigenvalue weighted by molar-refractivity contribution is 0.124. The van der Waals surface area contributed by atoms with Crippen LogP contribution in [-0.2, 0) is 4.74 Å². The molecule has 3 nitrogen and oxygen atoms in total. The monoisotopic (exact) mass is 312 g/mol. The molecule has 2 rings (SSSR count). The van der Waals surface area contributed by atoms with Crippen molar-refractivity contribution in [2.45, 2.75) is 37.8 Å². The minimum Gasteiger partial charge on any atom is -0.381 e. The molecule has 2 unspecified atom stereocenters. The Labute approximate surface area is 139 Å². The van der Waals surface area contributed by atoms with Gasteiger partial charge in [0.15, 0.2) is 0 Å². The Balaban J connectivity index is 1.51. The lowest BCUT2D eigenvalue weighted by Gasteiger charge is -2.13. The number of hydrogen-bond acceptors (Lipinski definition) is 3. The topological polar surface area (TPSA) is 61.3 Å². The molecular formula is C20H28N2O. The largest absolute Gasteiger partial charge is 0.381 e. The minimum atomic E-state index is 0.103. The van der Waals surface area contributed by atoms with Gasteiger partial charge in [-0.3, -0.25) is 0 Å². The lowest BCUT2D eigenvalue weighted by Crippen LogP contribution is -2.12. The number of rotatable bonds is 10. The van der Waals surface area contributed by atoms with Crippen LogP contribution in [0.15, 0.2) is 60.7 Å². The predicted molar refractivity (Wildman–Crippen MR) is 96.0 cm³/mol. The van der Waals surface area contributed by atoms with E-state index >= 15 is 0 Å². The van der Waals surface area contributed by atoms with Crippen LogP contribution in [0.1, 0.15) is 48.9 Å². The van der Waals surface area contributed by atoms with Gasteiger partial charge in [0.2, 0.25) is 0 Å². The Hall–Kier alpha value is -1.68. The van der Waals surface area contributed by atoms with Crippen LogP contribution < -0.4 is 11.5 Å². The summed E-state index contributed by atoms with van der Waals surface area (Å²) in [4.78, 5) is 0. The van der Waals surface area contributed by atoms with Crippen molar-refractivity contribution in [3.63, 3.8) is 0 Å². The van der Waals surface area contributed by atoms with Gasteiger partial charge >= 0.3 is 0 Å². The molecule has 3 heteroatoms. The van der Waals surface area contributed by atoms with Crippen LogP contribution in [0.4, 0.5) is 0 Å². The van der Waals surface area contributed by atoms with Crippen LogP contribution in [0.25, 0.3) is 0 Å². The highest BCUT2D eigenvalue weighted by Gasteiger charge is 2.06. The molecule has 124 valence electrons. The fourth-order valence-electron chi connectivity index (χ4n) is 2.65. The van der Waals surface area contributed by atoms with Crippen molar-refractivity contribution in [2.75, 3.05) is 13.2 Å². The maximum Gasteiger partial charge on any atom is 0.0466 e. The highest BCUT2D eigenvalue weighted by Crippen LogP contribution is 2.16. The summed E-state index contributed by atoms with van der Waals surface area (Å²) in [6.45, 7) is 1.53. The van der Waals surface area contributed by atoms with Crippen molar-refractivity contribution in [3.8, 4) is 0 Å². The van der Waals surface area contributed by atoms with Gasteiger partial charge in [0.25, 0.3) is 0 Å². The van der Waals surface area contributed by atoms with Crippen LogP contribution in [-0.4, -0.2) is 13.2 Å². The molecule has 0 fully saturated rings. The molecule has 0 aliphatic carbocycles. The summed E-state index contributed by atoms with van der Waals surface area (Å²) in [6, 6.07) is 20.7. The molecule has 0 radical (unpaired) electrons. The molecule has 2 atom stereocenters. The third-order valence-electron chi connectivity index (χ3n) is 4.06. The van der Waals surface area contributed by atoms with E-state index < -0.39 is 0 Å². The lowest BCUT2D eigenvalue weighted by atomic mass is 10.0.